The van der Waals surface area contributed by atoms with Gasteiger partial charge in [-0.25, -0.2) is 0 Å². The van der Waals surface area contributed by atoms with Gasteiger partial charge in [-0.05, 0) is 26.3 Å². The molecule has 0 aliphatic carbocycles. The Hall–Kier alpha value is -1.97. The molecule has 0 aromatic carbocycles. The van der Waals surface area contributed by atoms with Crippen LogP contribution in [0.5, 0.6) is 0 Å². The largest absolute Gasteiger partial charge is 0.545 e. The van der Waals surface area contributed by atoms with E-state index in [1.54, 1.807) is 0 Å². The SMILES string of the molecule is C[C@H](O)CNC(=O)C(=O)Nc1sc2c(c1C(=O)[O-])CC(C)(C)OC2. The van der Waals surface area contributed by atoms with Gasteiger partial charge < -0.3 is 30.4 Å². The van der Waals surface area contributed by atoms with Gasteiger partial charge in [0.2, 0.25) is 0 Å². The van der Waals surface area contributed by atoms with Gasteiger partial charge >= 0.3 is 11.8 Å². The Morgan fingerprint density at radius 3 is 2.62 bits per heavy atom. The van der Waals surface area contributed by atoms with E-state index in [2.05, 4.69) is 10.6 Å². The summed E-state index contributed by atoms with van der Waals surface area (Å²) in [4.78, 5) is 35.7. The zero-order chi connectivity index (χ0) is 18.1. The molecule has 8 nitrogen and oxygen atoms in total. The number of aliphatic hydroxyl groups is 1. The predicted molar refractivity (Wildman–Crippen MR) is 84.5 cm³/mol. The first-order chi connectivity index (χ1) is 11.1. The molecule has 0 radical (unpaired) electrons. The van der Waals surface area contributed by atoms with Gasteiger partial charge in [0.25, 0.3) is 0 Å². The normalized spacial score (nSPS) is 16.8. The molecule has 1 aliphatic heterocycles. The number of hydrogen-bond acceptors (Lipinski definition) is 7. The zero-order valence-corrected chi connectivity index (χ0v) is 14.4. The molecular weight excluding hydrogens is 336 g/mol. The van der Waals surface area contributed by atoms with Gasteiger partial charge in [0, 0.05) is 23.4 Å². The van der Waals surface area contributed by atoms with Crippen molar-refractivity contribution in [2.24, 2.45) is 0 Å². The highest BCUT2D eigenvalue weighted by atomic mass is 32.1. The number of carboxylic acid groups (broad SMARTS) is 1. The van der Waals surface area contributed by atoms with E-state index in [9.17, 15) is 19.5 Å². The number of carbonyl (C=O) groups excluding carboxylic acids is 3. The van der Waals surface area contributed by atoms with Crippen molar-refractivity contribution in [2.75, 3.05) is 11.9 Å². The Balaban J connectivity index is 2.22. The van der Waals surface area contributed by atoms with E-state index in [1.807, 2.05) is 13.8 Å². The molecular formula is C15H19N2O6S-. The van der Waals surface area contributed by atoms with Crippen LogP contribution in [0.2, 0.25) is 0 Å². The number of rotatable bonds is 4. The van der Waals surface area contributed by atoms with Gasteiger partial charge in [-0.3, -0.25) is 9.59 Å². The molecule has 0 unspecified atom stereocenters. The minimum absolute atomic E-state index is 0.0542. The minimum Gasteiger partial charge on any atom is -0.545 e. The Morgan fingerprint density at radius 1 is 1.38 bits per heavy atom. The Labute approximate surface area is 142 Å². The summed E-state index contributed by atoms with van der Waals surface area (Å²) in [6, 6.07) is 0. The standard InChI is InChI=1S/C15H20N2O6S/c1-7(18)5-16-11(19)12(20)17-13-10(14(21)22)8-4-15(2,3)23-6-9(8)24-13/h7,18H,4-6H2,1-3H3,(H,16,19)(H,17,20)(H,21,22)/p-1/t7-/m0/s1. The fraction of sp³-hybridized carbons (Fsp3) is 0.533. The molecule has 2 rings (SSSR count). The summed E-state index contributed by atoms with van der Waals surface area (Å²) in [7, 11) is 0. The van der Waals surface area contributed by atoms with Crippen molar-refractivity contribution in [2.45, 2.75) is 45.5 Å². The molecule has 0 spiro atoms. The monoisotopic (exact) mass is 355 g/mol. The maximum absolute atomic E-state index is 11.9. The van der Waals surface area contributed by atoms with Crippen LogP contribution in [0.1, 0.15) is 41.6 Å². The molecule has 24 heavy (non-hydrogen) atoms. The fourth-order valence-electron chi connectivity index (χ4n) is 2.34. The van der Waals surface area contributed by atoms with Gasteiger partial charge in [0.1, 0.15) is 5.00 Å². The van der Waals surface area contributed by atoms with Crippen LogP contribution < -0.4 is 15.7 Å². The van der Waals surface area contributed by atoms with E-state index < -0.39 is 29.5 Å². The molecule has 1 aromatic heterocycles. The number of anilines is 1. The molecule has 132 valence electrons. The lowest BCUT2D eigenvalue weighted by atomic mass is 9.93. The molecule has 0 bridgehead atoms. The summed E-state index contributed by atoms with van der Waals surface area (Å²) in [5.41, 5.74) is -0.0623. The van der Waals surface area contributed by atoms with E-state index in [4.69, 9.17) is 9.84 Å². The lowest BCUT2D eigenvalue weighted by molar-refractivity contribution is -0.255. The van der Waals surface area contributed by atoms with E-state index >= 15 is 0 Å². The molecule has 2 amide bonds. The van der Waals surface area contributed by atoms with E-state index in [0.29, 0.717) is 16.9 Å². The van der Waals surface area contributed by atoms with Crippen molar-refractivity contribution in [3.8, 4) is 0 Å². The highest BCUT2D eigenvalue weighted by molar-refractivity contribution is 7.17. The predicted octanol–water partition coefficient (Wildman–Crippen LogP) is -0.602. The van der Waals surface area contributed by atoms with E-state index in [1.165, 1.54) is 6.92 Å². The average Bonchev–Trinajstić information content (AvgIpc) is 2.80. The number of thiophene rings is 1. The first-order valence-corrected chi connectivity index (χ1v) is 8.19. The van der Waals surface area contributed by atoms with Crippen molar-refractivity contribution in [1.29, 1.82) is 0 Å². The molecule has 0 saturated carbocycles. The Kier molecular flexibility index (Phi) is 5.26. The lowest BCUT2D eigenvalue weighted by Crippen LogP contribution is -2.39. The molecule has 1 atom stereocenters. The maximum Gasteiger partial charge on any atom is 0.314 e. The summed E-state index contributed by atoms with van der Waals surface area (Å²) < 4.78 is 5.63. The van der Waals surface area contributed by atoms with Crippen LogP contribution in [0.15, 0.2) is 0 Å². The zero-order valence-electron chi connectivity index (χ0n) is 13.6. The number of fused-ring (bicyclic) bond motifs is 1. The highest BCUT2D eigenvalue weighted by Gasteiger charge is 2.32. The van der Waals surface area contributed by atoms with Crippen LogP contribution in [0, 0.1) is 0 Å². The number of hydrogen-bond donors (Lipinski definition) is 3. The number of ether oxygens (including phenoxy) is 1. The minimum atomic E-state index is -1.41. The fourth-order valence-corrected chi connectivity index (χ4v) is 3.45. The summed E-state index contributed by atoms with van der Waals surface area (Å²) in [6.45, 7) is 5.30. The number of aliphatic hydroxyl groups excluding tert-OH is 1. The van der Waals surface area contributed by atoms with Crippen molar-refractivity contribution >= 4 is 34.1 Å². The van der Waals surface area contributed by atoms with Crippen molar-refractivity contribution in [3.05, 3.63) is 16.0 Å². The maximum atomic E-state index is 11.9. The van der Waals surface area contributed by atoms with Crippen LogP contribution in [0.25, 0.3) is 0 Å². The number of carboxylic acids is 1. The summed E-state index contributed by atoms with van der Waals surface area (Å²) in [5.74, 6) is -3.37. The Bertz CT molecular complexity index is 680. The first kappa shape index (κ1) is 18.4. The smallest absolute Gasteiger partial charge is 0.314 e. The van der Waals surface area contributed by atoms with Crippen molar-refractivity contribution in [1.82, 2.24) is 5.32 Å². The first-order valence-electron chi connectivity index (χ1n) is 7.38. The number of aromatic carboxylic acids is 1. The third-order valence-electron chi connectivity index (χ3n) is 3.48. The molecule has 1 aromatic rings. The van der Waals surface area contributed by atoms with Crippen LogP contribution >= 0.6 is 11.3 Å². The number of nitrogens with one attached hydrogen (secondary N) is 2. The van der Waals surface area contributed by atoms with Crippen LogP contribution in [0.4, 0.5) is 5.00 Å². The topological polar surface area (TPSA) is 128 Å². The van der Waals surface area contributed by atoms with Crippen LogP contribution in [0.3, 0.4) is 0 Å². The third kappa shape index (κ3) is 4.11. The number of amides is 2. The van der Waals surface area contributed by atoms with Crippen molar-refractivity contribution in [3.63, 3.8) is 0 Å². The van der Waals surface area contributed by atoms with Gasteiger partial charge in [-0.1, -0.05) is 0 Å². The third-order valence-corrected chi connectivity index (χ3v) is 4.60. The second-order valence-electron chi connectivity index (χ2n) is 6.23. The van der Waals surface area contributed by atoms with Crippen LogP contribution in [-0.4, -0.2) is 41.1 Å². The molecule has 1 aliphatic rings. The highest BCUT2D eigenvalue weighted by Crippen LogP contribution is 2.40. The molecule has 0 saturated heterocycles. The second kappa shape index (κ2) is 6.88. The quantitative estimate of drug-likeness (QED) is 0.619. The van der Waals surface area contributed by atoms with Gasteiger partial charge in [0.15, 0.2) is 0 Å². The molecule has 9 heteroatoms. The summed E-state index contributed by atoms with van der Waals surface area (Å²) in [5, 5.41) is 25.2. The van der Waals surface area contributed by atoms with Gasteiger partial charge in [-0.2, -0.15) is 0 Å². The molecule has 2 heterocycles. The van der Waals surface area contributed by atoms with Crippen LogP contribution in [-0.2, 0) is 27.4 Å². The summed E-state index contributed by atoms with van der Waals surface area (Å²) in [6.07, 6.45) is -0.430. The van der Waals surface area contributed by atoms with E-state index in [-0.39, 0.29) is 23.7 Å². The summed E-state index contributed by atoms with van der Waals surface area (Å²) >= 11 is 1.05. The van der Waals surface area contributed by atoms with Crippen molar-refractivity contribution < 1.29 is 29.3 Å². The molecule has 3 N–H and O–H groups in total. The lowest BCUT2D eigenvalue weighted by Gasteiger charge is -2.30. The Morgan fingerprint density at radius 2 is 2.04 bits per heavy atom. The van der Waals surface area contributed by atoms with Gasteiger partial charge in [0.05, 0.1) is 24.3 Å². The number of carbonyl (C=O) groups is 3. The van der Waals surface area contributed by atoms with Gasteiger partial charge in [-0.15, -0.1) is 11.3 Å². The second-order valence-corrected chi connectivity index (χ2v) is 7.34. The van der Waals surface area contributed by atoms with E-state index in [0.717, 1.165) is 11.3 Å². The average molecular weight is 355 g/mol. The molecule has 0 fully saturated rings.